The maximum atomic E-state index is 12.3. The molecule has 1 fully saturated rings. The summed E-state index contributed by atoms with van der Waals surface area (Å²) in [6.07, 6.45) is 2.83. The van der Waals surface area contributed by atoms with Crippen LogP contribution in [0.3, 0.4) is 0 Å². The molecule has 1 aliphatic rings. The lowest BCUT2D eigenvalue weighted by Gasteiger charge is -2.20. The minimum absolute atomic E-state index is 0.138. The van der Waals surface area contributed by atoms with Crippen LogP contribution in [0.4, 0.5) is 10.6 Å². The summed E-state index contributed by atoms with van der Waals surface area (Å²) in [5.74, 6) is 0.482. The number of carbonyl (C=O) groups excluding carboxylic acids is 1. The molecule has 1 amide bonds. The van der Waals surface area contributed by atoms with Crippen molar-refractivity contribution in [3.05, 3.63) is 53.4 Å². The van der Waals surface area contributed by atoms with Crippen LogP contribution in [0.1, 0.15) is 18.4 Å². The van der Waals surface area contributed by atoms with Gasteiger partial charge in [0, 0.05) is 12.1 Å². The Morgan fingerprint density at radius 2 is 2.05 bits per heavy atom. The van der Waals surface area contributed by atoms with E-state index in [0.29, 0.717) is 11.0 Å². The van der Waals surface area contributed by atoms with E-state index in [4.69, 9.17) is 16.3 Å². The zero-order valence-corrected chi connectivity index (χ0v) is 12.0. The zero-order chi connectivity index (χ0) is 14.7. The largest absolute Gasteiger partial charge is 0.444 e. The molecule has 5 nitrogen and oxygen atoms in total. The third-order valence-corrected chi connectivity index (χ3v) is 3.39. The second kappa shape index (κ2) is 6.10. The predicted molar refractivity (Wildman–Crippen MR) is 79.2 cm³/mol. The number of rotatable bonds is 4. The Bertz CT molecular complexity index is 632. The number of ether oxygens (including phenoxy) is 1. The van der Waals surface area contributed by atoms with E-state index in [9.17, 15) is 4.79 Å². The van der Waals surface area contributed by atoms with Gasteiger partial charge in [-0.05, 0) is 18.4 Å². The van der Waals surface area contributed by atoms with Gasteiger partial charge in [-0.2, -0.15) is 0 Å². The van der Waals surface area contributed by atoms with E-state index in [1.54, 1.807) is 11.0 Å². The molecule has 0 spiro atoms. The van der Waals surface area contributed by atoms with Gasteiger partial charge in [0.2, 0.25) is 0 Å². The number of hydrogen-bond donors (Lipinski definition) is 0. The van der Waals surface area contributed by atoms with Crippen molar-refractivity contribution in [1.82, 2.24) is 9.97 Å². The molecular weight excluding hydrogens is 290 g/mol. The SMILES string of the molecule is O=C(OCc1ccccc1)N(c1cc(Cl)ncn1)C1CC1. The van der Waals surface area contributed by atoms with Crippen molar-refractivity contribution in [2.75, 3.05) is 4.90 Å². The third-order valence-electron chi connectivity index (χ3n) is 3.18. The lowest BCUT2D eigenvalue weighted by Crippen LogP contribution is -2.34. The van der Waals surface area contributed by atoms with Gasteiger partial charge in [-0.1, -0.05) is 41.9 Å². The standard InChI is InChI=1S/C15H14ClN3O2/c16-13-8-14(18-10-17-13)19(12-6-7-12)15(20)21-9-11-4-2-1-3-5-11/h1-5,8,10,12H,6-7,9H2. The summed E-state index contributed by atoms with van der Waals surface area (Å²) in [6.45, 7) is 0.238. The van der Waals surface area contributed by atoms with Crippen molar-refractivity contribution in [3.63, 3.8) is 0 Å². The lowest BCUT2D eigenvalue weighted by atomic mass is 10.2. The molecule has 108 valence electrons. The molecule has 0 aliphatic heterocycles. The summed E-state index contributed by atoms with van der Waals surface area (Å²) in [7, 11) is 0. The number of carbonyl (C=O) groups is 1. The van der Waals surface area contributed by atoms with Crippen LogP contribution in [0.15, 0.2) is 42.7 Å². The van der Waals surface area contributed by atoms with E-state index in [0.717, 1.165) is 18.4 Å². The summed E-state index contributed by atoms with van der Waals surface area (Å²) in [4.78, 5) is 21.8. The molecule has 2 aromatic rings. The molecule has 0 saturated heterocycles. The molecule has 1 aromatic carbocycles. The number of benzene rings is 1. The van der Waals surface area contributed by atoms with Crippen molar-refractivity contribution in [2.45, 2.75) is 25.5 Å². The molecule has 3 rings (SSSR count). The average Bonchev–Trinajstić information content (AvgIpc) is 3.31. The molecule has 0 bridgehead atoms. The molecule has 1 aliphatic carbocycles. The van der Waals surface area contributed by atoms with Crippen LogP contribution in [0.2, 0.25) is 5.15 Å². The van der Waals surface area contributed by atoms with E-state index < -0.39 is 6.09 Å². The van der Waals surface area contributed by atoms with Crippen LogP contribution in [-0.2, 0) is 11.3 Å². The second-order valence-corrected chi connectivity index (χ2v) is 5.23. The molecule has 1 saturated carbocycles. The van der Waals surface area contributed by atoms with Crippen molar-refractivity contribution in [2.24, 2.45) is 0 Å². The van der Waals surface area contributed by atoms with E-state index in [1.807, 2.05) is 30.3 Å². The fraction of sp³-hybridized carbons (Fsp3) is 0.267. The molecule has 0 N–H and O–H groups in total. The van der Waals surface area contributed by atoms with Crippen LogP contribution in [-0.4, -0.2) is 22.1 Å². The van der Waals surface area contributed by atoms with Crippen LogP contribution in [0.5, 0.6) is 0 Å². The molecule has 0 unspecified atom stereocenters. The van der Waals surface area contributed by atoms with Crippen molar-refractivity contribution in [3.8, 4) is 0 Å². The zero-order valence-electron chi connectivity index (χ0n) is 11.3. The van der Waals surface area contributed by atoms with E-state index in [2.05, 4.69) is 9.97 Å². The maximum absolute atomic E-state index is 12.3. The second-order valence-electron chi connectivity index (χ2n) is 4.84. The first-order chi connectivity index (χ1) is 10.2. The molecule has 21 heavy (non-hydrogen) atoms. The van der Waals surface area contributed by atoms with Gasteiger partial charge in [0.25, 0.3) is 0 Å². The fourth-order valence-corrected chi connectivity index (χ4v) is 2.15. The molecule has 0 radical (unpaired) electrons. The number of anilines is 1. The number of amides is 1. The van der Waals surface area contributed by atoms with E-state index >= 15 is 0 Å². The van der Waals surface area contributed by atoms with Gasteiger partial charge < -0.3 is 4.74 Å². The number of halogens is 1. The van der Waals surface area contributed by atoms with E-state index in [-0.39, 0.29) is 12.6 Å². The maximum Gasteiger partial charge on any atom is 0.416 e. The molecule has 1 heterocycles. The van der Waals surface area contributed by atoms with Gasteiger partial charge in [0.15, 0.2) is 0 Å². The Morgan fingerprint density at radius 3 is 2.71 bits per heavy atom. The van der Waals surface area contributed by atoms with Crippen LogP contribution in [0, 0.1) is 0 Å². The molecule has 0 atom stereocenters. The number of aromatic nitrogens is 2. The Kier molecular flexibility index (Phi) is 4.01. The third kappa shape index (κ3) is 3.49. The van der Waals surface area contributed by atoms with Crippen molar-refractivity contribution < 1.29 is 9.53 Å². The van der Waals surface area contributed by atoms with Gasteiger partial charge in [0.1, 0.15) is 23.9 Å². The highest BCUT2D eigenvalue weighted by atomic mass is 35.5. The van der Waals surface area contributed by atoms with Gasteiger partial charge in [-0.15, -0.1) is 0 Å². The van der Waals surface area contributed by atoms with Gasteiger partial charge >= 0.3 is 6.09 Å². The topological polar surface area (TPSA) is 55.3 Å². The van der Waals surface area contributed by atoms with Crippen molar-refractivity contribution in [1.29, 1.82) is 0 Å². The monoisotopic (exact) mass is 303 g/mol. The van der Waals surface area contributed by atoms with Crippen LogP contribution >= 0.6 is 11.6 Å². The number of nitrogens with zero attached hydrogens (tertiary/aromatic N) is 3. The van der Waals surface area contributed by atoms with Crippen LogP contribution in [0.25, 0.3) is 0 Å². The first kappa shape index (κ1) is 13.8. The highest BCUT2D eigenvalue weighted by molar-refractivity contribution is 6.29. The first-order valence-corrected chi connectivity index (χ1v) is 7.09. The summed E-state index contributed by atoms with van der Waals surface area (Å²) in [6, 6.07) is 11.3. The summed E-state index contributed by atoms with van der Waals surface area (Å²) >= 11 is 5.86. The Balaban J connectivity index is 1.71. The van der Waals surface area contributed by atoms with Crippen LogP contribution < -0.4 is 4.90 Å². The minimum atomic E-state index is -0.406. The predicted octanol–water partition coefficient (Wildman–Crippen LogP) is 3.44. The highest BCUT2D eigenvalue weighted by Crippen LogP contribution is 2.31. The summed E-state index contributed by atoms with van der Waals surface area (Å²) in [5.41, 5.74) is 0.947. The van der Waals surface area contributed by atoms with E-state index in [1.165, 1.54) is 6.33 Å². The Labute approximate surface area is 127 Å². The lowest BCUT2D eigenvalue weighted by molar-refractivity contribution is 0.146. The first-order valence-electron chi connectivity index (χ1n) is 6.71. The quantitative estimate of drug-likeness (QED) is 0.812. The highest BCUT2D eigenvalue weighted by Gasteiger charge is 2.35. The average molecular weight is 304 g/mol. The van der Waals surface area contributed by atoms with Gasteiger partial charge in [0.05, 0.1) is 0 Å². The number of hydrogen-bond acceptors (Lipinski definition) is 4. The normalized spacial score (nSPS) is 13.8. The van der Waals surface area contributed by atoms with Crippen molar-refractivity contribution >= 4 is 23.5 Å². The van der Waals surface area contributed by atoms with Gasteiger partial charge in [-0.25, -0.2) is 14.8 Å². The molecular formula is C15H14ClN3O2. The molecule has 6 heteroatoms. The smallest absolute Gasteiger partial charge is 0.416 e. The fourth-order valence-electron chi connectivity index (χ4n) is 2.01. The van der Waals surface area contributed by atoms with Gasteiger partial charge in [-0.3, -0.25) is 4.90 Å². The summed E-state index contributed by atoms with van der Waals surface area (Å²) < 4.78 is 5.37. The Hall–Kier alpha value is -2.14. The Morgan fingerprint density at radius 1 is 1.29 bits per heavy atom. The minimum Gasteiger partial charge on any atom is -0.444 e. The molecule has 1 aromatic heterocycles. The summed E-state index contributed by atoms with van der Waals surface area (Å²) in [5, 5.41) is 0.307.